The van der Waals surface area contributed by atoms with Gasteiger partial charge in [0.2, 0.25) is 11.7 Å². The summed E-state index contributed by atoms with van der Waals surface area (Å²) in [5.74, 6) is 0.931. The zero-order valence-corrected chi connectivity index (χ0v) is 16.1. The van der Waals surface area contributed by atoms with Crippen LogP contribution in [0.15, 0.2) is 45.8 Å². The number of hydrogen-bond acceptors (Lipinski definition) is 6. The first-order chi connectivity index (χ1) is 14.1. The van der Waals surface area contributed by atoms with Crippen LogP contribution in [0.3, 0.4) is 0 Å². The lowest BCUT2D eigenvalue weighted by molar-refractivity contribution is 0.0935. The average Bonchev–Trinajstić information content (AvgIpc) is 3.36. The van der Waals surface area contributed by atoms with Gasteiger partial charge < -0.3 is 19.5 Å². The molecule has 150 valence electrons. The Hall–Kier alpha value is -3.26. The van der Waals surface area contributed by atoms with E-state index in [4.69, 9.17) is 9.63 Å². The van der Waals surface area contributed by atoms with E-state index >= 15 is 0 Å². The molecule has 0 bridgehead atoms. The van der Waals surface area contributed by atoms with Gasteiger partial charge in [0.1, 0.15) is 0 Å². The summed E-state index contributed by atoms with van der Waals surface area (Å²) in [7, 11) is 0. The summed E-state index contributed by atoms with van der Waals surface area (Å²) in [6, 6.07) is 8.74. The highest BCUT2D eigenvalue weighted by atomic mass is 16.5. The maximum atomic E-state index is 12.7. The van der Waals surface area contributed by atoms with Crippen molar-refractivity contribution < 1.29 is 14.4 Å². The molecule has 0 radical (unpaired) electrons. The van der Waals surface area contributed by atoms with Crippen molar-refractivity contribution in [3.63, 3.8) is 0 Å². The maximum Gasteiger partial charge on any atom is 0.253 e. The molecule has 3 aromatic rings. The number of fused-ring (bicyclic) bond motifs is 1. The third kappa shape index (κ3) is 3.84. The second-order valence-electron chi connectivity index (χ2n) is 7.02. The Bertz CT molecular complexity index is 1100. The highest BCUT2D eigenvalue weighted by molar-refractivity contribution is 5.94. The molecule has 4 rings (SSSR count). The molecule has 1 amide bonds. The van der Waals surface area contributed by atoms with Gasteiger partial charge in [-0.05, 0) is 36.1 Å². The Labute approximate surface area is 167 Å². The number of pyridine rings is 1. The smallest absolute Gasteiger partial charge is 0.253 e. The topological polar surface area (TPSA) is 110 Å². The number of carbonyl (C=O) groups excluding carboxylic acids is 1. The number of aliphatic hydroxyl groups excluding tert-OH is 1. The largest absolute Gasteiger partial charge is 0.395 e. The highest BCUT2D eigenvalue weighted by Gasteiger charge is 2.25. The van der Waals surface area contributed by atoms with Gasteiger partial charge in [0.25, 0.3) is 11.5 Å². The highest BCUT2D eigenvalue weighted by Crippen LogP contribution is 2.33. The lowest BCUT2D eigenvalue weighted by Crippen LogP contribution is -2.29. The number of carbonyl (C=O) groups is 1. The van der Waals surface area contributed by atoms with Gasteiger partial charge >= 0.3 is 0 Å². The molecular weight excluding hydrogens is 372 g/mol. The first-order valence-corrected chi connectivity index (χ1v) is 9.67. The van der Waals surface area contributed by atoms with E-state index in [-0.39, 0.29) is 30.7 Å². The Morgan fingerprint density at radius 2 is 2.21 bits per heavy atom. The Morgan fingerprint density at radius 3 is 2.97 bits per heavy atom. The average molecular weight is 394 g/mol. The maximum absolute atomic E-state index is 12.7. The van der Waals surface area contributed by atoms with Crippen LogP contribution in [0.5, 0.6) is 0 Å². The molecule has 2 N–H and O–H groups in total. The molecule has 2 aromatic heterocycles. The van der Waals surface area contributed by atoms with Gasteiger partial charge in [0.05, 0.1) is 18.2 Å². The molecule has 29 heavy (non-hydrogen) atoms. The quantitative estimate of drug-likeness (QED) is 0.660. The third-order valence-corrected chi connectivity index (χ3v) is 5.14. The van der Waals surface area contributed by atoms with Crippen LogP contribution in [0.25, 0.3) is 11.4 Å². The van der Waals surface area contributed by atoms with Gasteiger partial charge in [0.15, 0.2) is 0 Å². The van der Waals surface area contributed by atoms with E-state index in [1.165, 1.54) is 22.9 Å². The fourth-order valence-electron chi connectivity index (χ4n) is 3.61. The molecule has 2 heterocycles. The van der Waals surface area contributed by atoms with Crippen molar-refractivity contribution >= 4 is 5.91 Å². The van der Waals surface area contributed by atoms with Gasteiger partial charge in [-0.2, -0.15) is 4.98 Å². The molecule has 0 aliphatic heterocycles. The zero-order chi connectivity index (χ0) is 20.4. The summed E-state index contributed by atoms with van der Waals surface area (Å²) in [5, 5.41) is 16.1. The predicted octanol–water partition coefficient (Wildman–Crippen LogP) is 1.87. The van der Waals surface area contributed by atoms with Crippen molar-refractivity contribution in [2.24, 2.45) is 0 Å². The number of nitrogens with one attached hydrogen (secondary N) is 1. The van der Waals surface area contributed by atoms with Crippen molar-refractivity contribution in [2.45, 2.75) is 38.8 Å². The van der Waals surface area contributed by atoms with Crippen LogP contribution in [-0.2, 0) is 19.4 Å². The molecular formula is C21H22N4O4. The van der Waals surface area contributed by atoms with Crippen LogP contribution in [0.4, 0.5) is 0 Å². The summed E-state index contributed by atoms with van der Waals surface area (Å²) in [6.45, 7) is 1.96. The molecule has 0 spiro atoms. The number of hydrogen-bond donors (Lipinski definition) is 2. The van der Waals surface area contributed by atoms with Gasteiger partial charge in [-0.15, -0.1) is 0 Å². The lowest BCUT2D eigenvalue weighted by atomic mass is 10.0. The minimum atomic E-state index is -0.248. The molecule has 8 heteroatoms. The van der Waals surface area contributed by atoms with Crippen LogP contribution in [-0.4, -0.2) is 32.3 Å². The Balaban J connectivity index is 1.52. The molecule has 1 aromatic carbocycles. The van der Waals surface area contributed by atoms with Crippen molar-refractivity contribution in [3.05, 3.63) is 69.5 Å². The Kier molecular flexibility index (Phi) is 5.26. The SMILES string of the molecule is CCc1nc(-c2ccc3c(c2)CCC3NC(=O)c2ccc(=O)n(CCO)c2)no1. The van der Waals surface area contributed by atoms with Gasteiger partial charge in [0, 0.05) is 30.8 Å². The van der Waals surface area contributed by atoms with Crippen molar-refractivity contribution in [1.29, 1.82) is 0 Å². The van der Waals surface area contributed by atoms with Crippen LogP contribution in [0.2, 0.25) is 0 Å². The number of amides is 1. The van der Waals surface area contributed by atoms with Crippen LogP contribution in [0, 0.1) is 0 Å². The Morgan fingerprint density at radius 1 is 1.34 bits per heavy atom. The summed E-state index contributed by atoms with van der Waals surface area (Å²) in [5.41, 5.74) is 3.27. The molecule has 0 saturated heterocycles. The lowest BCUT2D eigenvalue weighted by Gasteiger charge is -2.15. The minimum absolute atomic E-state index is 0.0961. The standard InChI is InChI=1S/C21H22N4O4/c1-2-18-23-20(24-29-18)14-3-6-16-13(11-14)4-7-17(16)22-21(28)15-5-8-19(27)25(12-15)9-10-26/h3,5-6,8,11-12,17,26H,2,4,7,9-10H2,1H3,(H,22,28). The van der Waals surface area contributed by atoms with E-state index in [0.717, 1.165) is 29.5 Å². The van der Waals surface area contributed by atoms with Crippen LogP contribution in [0.1, 0.15) is 46.8 Å². The first kappa shape index (κ1) is 19.1. The summed E-state index contributed by atoms with van der Waals surface area (Å²) < 4.78 is 6.52. The molecule has 1 unspecified atom stereocenters. The molecule has 8 nitrogen and oxygen atoms in total. The molecule has 0 fully saturated rings. The molecule has 1 aliphatic rings. The number of rotatable bonds is 6. The van der Waals surface area contributed by atoms with Crippen LogP contribution < -0.4 is 10.9 Å². The summed E-state index contributed by atoms with van der Waals surface area (Å²) >= 11 is 0. The van der Waals surface area contributed by atoms with Crippen molar-refractivity contribution in [3.8, 4) is 11.4 Å². The number of nitrogens with zero attached hydrogens (tertiary/aromatic N) is 3. The van der Waals surface area contributed by atoms with Crippen molar-refractivity contribution in [2.75, 3.05) is 6.61 Å². The first-order valence-electron chi connectivity index (χ1n) is 9.67. The molecule has 0 saturated carbocycles. The monoisotopic (exact) mass is 394 g/mol. The minimum Gasteiger partial charge on any atom is -0.395 e. The summed E-state index contributed by atoms with van der Waals surface area (Å²) in [6.07, 6.45) is 3.82. The number of benzene rings is 1. The summed E-state index contributed by atoms with van der Waals surface area (Å²) in [4.78, 5) is 28.8. The van der Waals surface area contributed by atoms with E-state index in [2.05, 4.69) is 15.5 Å². The van der Waals surface area contributed by atoms with E-state index in [1.807, 2.05) is 25.1 Å². The third-order valence-electron chi connectivity index (χ3n) is 5.14. The predicted molar refractivity (Wildman–Crippen MR) is 105 cm³/mol. The van der Waals surface area contributed by atoms with Gasteiger partial charge in [-0.3, -0.25) is 9.59 Å². The normalized spacial score (nSPS) is 15.3. The van der Waals surface area contributed by atoms with E-state index in [1.54, 1.807) is 0 Å². The molecule has 1 aliphatic carbocycles. The fourth-order valence-corrected chi connectivity index (χ4v) is 3.61. The number of aliphatic hydroxyl groups is 1. The second-order valence-corrected chi connectivity index (χ2v) is 7.02. The number of aromatic nitrogens is 3. The van der Waals surface area contributed by atoms with E-state index < -0.39 is 0 Å². The van der Waals surface area contributed by atoms with Crippen LogP contribution >= 0.6 is 0 Å². The number of aryl methyl sites for hydroxylation is 2. The molecule has 1 atom stereocenters. The zero-order valence-electron chi connectivity index (χ0n) is 16.1. The van der Waals surface area contributed by atoms with Crippen molar-refractivity contribution in [1.82, 2.24) is 20.0 Å². The second kappa shape index (κ2) is 8.00. The van der Waals surface area contributed by atoms with E-state index in [9.17, 15) is 9.59 Å². The van der Waals surface area contributed by atoms with Gasteiger partial charge in [-0.1, -0.05) is 24.2 Å². The fraction of sp³-hybridized carbons (Fsp3) is 0.333. The van der Waals surface area contributed by atoms with E-state index in [0.29, 0.717) is 23.7 Å². The van der Waals surface area contributed by atoms with Gasteiger partial charge in [-0.25, -0.2) is 0 Å².